The zero-order chi connectivity index (χ0) is 18.7. The molecule has 0 unspecified atom stereocenters. The summed E-state index contributed by atoms with van der Waals surface area (Å²) < 4.78 is 39.1. The average molecular weight is 490 g/mol. The highest BCUT2D eigenvalue weighted by Crippen LogP contribution is 2.28. The fraction of sp³-hybridized carbons (Fsp3) is 0.235. The number of hydrogen-bond acceptors (Lipinski definition) is 6. The van der Waals surface area contributed by atoms with Gasteiger partial charge in [-0.25, -0.2) is 8.78 Å². The summed E-state index contributed by atoms with van der Waals surface area (Å²) in [5.41, 5.74) is 0.501. The Balaban J connectivity index is 2.04. The van der Waals surface area contributed by atoms with E-state index in [0.717, 1.165) is 15.1 Å². The Labute approximate surface area is 165 Å². The van der Waals surface area contributed by atoms with Gasteiger partial charge >= 0.3 is 0 Å². The van der Waals surface area contributed by atoms with Crippen molar-refractivity contribution < 1.29 is 23.4 Å². The Bertz CT molecular complexity index is 965. The molecule has 0 aliphatic heterocycles. The second-order valence-corrected chi connectivity index (χ2v) is 7.48. The second kappa shape index (κ2) is 8.42. The number of fused-ring (bicyclic) bond motifs is 1. The summed E-state index contributed by atoms with van der Waals surface area (Å²) in [4.78, 5) is 12.5. The van der Waals surface area contributed by atoms with Crippen LogP contribution in [-0.4, -0.2) is 40.3 Å². The van der Waals surface area contributed by atoms with Crippen molar-refractivity contribution in [3.05, 3.63) is 56.2 Å². The van der Waals surface area contributed by atoms with Crippen molar-refractivity contribution in [3.8, 4) is 0 Å². The Morgan fingerprint density at radius 2 is 2.12 bits per heavy atom. The number of Topliss-reactive ketones (excluding diaryl/α,β-unsaturated/α-hetero) is 1. The molecule has 0 spiro atoms. The van der Waals surface area contributed by atoms with Crippen LogP contribution in [-0.2, 0) is 11.2 Å². The maximum Gasteiger partial charge on any atom is 0.188 e. The summed E-state index contributed by atoms with van der Waals surface area (Å²) in [6, 6.07) is 6.14. The van der Waals surface area contributed by atoms with Gasteiger partial charge in [0.15, 0.2) is 11.6 Å². The molecule has 9 heteroatoms. The smallest absolute Gasteiger partial charge is 0.188 e. The minimum absolute atomic E-state index is 0.000334. The first-order chi connectivity index (χ1) is 12.5. The van der Waals surface area contributed by atoms with Crippen LogP contribution in [0.25, 0.3) is 10.2 Å². The number of hydrogen-bond donors (Lipinski definition) is 1. The number of carbonyl (C=O) groups is 1. The number of ether oxygens (including phenoxy) is 1. The normalized spacial score (nSPS) is 11.2. The maximum absolute atomic E-state index is 15.0. The molecular weight excluding hydrogens is 477 g/mol. The SMILES string of the molecule is O=C(COCCO)c1cc2snnc2c(F)c1Cc1ccc(I)cc1F. The van der Waals surface area contributed by atoms with E-state index in [2.05, 4.69) is 9.59 Å². The van der Waals surface area contributed by atoms with E-state index in [1.54, 1.807) is 12.1 Å². The number of benzene rings is 2. The molecular formula is C17H13F2IN2O3S. The van der Waals surface area contributed by atoms with Crippen LogP contribution in [0.1, 0.15) is 21.5 Å². The van der Waals surface area contributed by atoms with E-state index < -0.39 is 17.4 Å². The second-order valence-electron chi connectivity index (χ2n) is 5.45. The van der Waals surface area contributed by atoms with Crippen molar-refractivity contribution in [1.29, 1.82) is 0 Å². The highest BCUT2D eigenvalue weighted by Gasteiger charge is 2.22. The predicted octanol–water partition coefficient (Wildman–Crippen LogP) is 3.36. The first-order valence-corrected chi connectivity index (χ1v) is 9.45. The van der Waals surface area contributed by atoms with Gasteiger partial charge in [0.2, 0.25) is 0 Å². The van der Waals surface area contributed by atoms with E-state index in [1.807, 2.05) is 22.6 Å². The molecule has 0 saturated carbocycles. The zero-order valence-electron chi connectivity index (χ0n) is 13.3. The van der Waals surface area contributed by atoms with Crippen molar-refractivity contribution in [2.75, 3.05) is 19.8 Å². The third kappa shape index (κ3) is 4.05. The minimum Gasteiger partial charge on any atom is -0.394 e. The molecule has 3 aromatic rings. The van der Waals surface area contributed by atoms with E-state index in [9.17, 15) is 13.6 Å². The van der Waals surface area contributed by atoms with Gasteiger partial charge in [-0.15, -0.1) is 5.10 Å². The van der Waals surface area contributed by atoms with E-state index >= 15 is 0 Å². The molecule has 2 aromatic carbocycles. The van der Waals surface area contributed by atoms with Crippen molar-refractivity contribution in [1.82, 2.24) is 9.59 Å². The van der Waals surface area contributed by atoms with Crippen LogP contribution in [0.15, 0.2) is 24.3 Å². The number of aliphatic hydroxyl groups is 1. The first-order valence-electron chi connectivity index (χ1n) is 7.60. The van der Waals surface area contributed by atoms with Gasteiger partial charge in [-0.05, 0) is 57.9 Å². The highest BCUT2D eigenvalue weighted by molar-refractivity contribution is 14.1. The van der Waals surface area contributed by atoms with Gasteiger partial charge in [-0.2, -0.15) is 0 Å². The molecule has 5 nitrogen and oxygen atoms in total. The Kier molecular flexibility index (Phi) is 6.22. The molecule has 0 bridgehead atoms. The highest BCUT2D eigenvalue weighted by atomic mass is 127. The molecule has 1 N–H and O–H groups in total. The van der Waals surface area contributed by atoms with Crippen LogP contribution >= 0.6 is 34.1 Å². The molecule has 0 atom stereocenters. The van der Waals surface area contributed by atoms with Crippen LogP contribution in [0.2, 0.25) is 0 Å². The third-order valence-electron chi connectivity index (χ3n) is 3.74. The molecule has 0 fully saturated rings. The van der Waals surface area contributed by atoms with Gasteiger partial charge < -0.3 is 9.84 Å². The van der Waals surface area contributed by atoms with Crippen molar-refractivity contribution in [3.63, 3.8) is 0 Å². The Hall–Kier alpha value is -1.56. The first kappa shape index (κ1) is 19.2. The summed E-state index contributed by atoms with van der Waals surface area (Å²) >= 11 is 2.96. The summed E-state index contributed by atoms with van der Waals surface area (Å²) in [5.74, 6) is -1.60. The Morgan fingerprint density at radius 3 is 2.85 bits per heavy atom. The summed E-state index contributed by atoms with van der Waals surface area (Å²) in [7, 11) is 0. The topological polar surface area (TPSA) is 72.3 Å². The lowest BCUT2D eigenvalue weighted by Crippen LogP contribution is -2.15. The molecule has 0 saturated heterocycles. The standard InChI is InChI=1S/C17H13F2IN2O3S/c18-13-6-10(20)2-1-9(13)5-12-11(14(24)8-25-4-3-23)7-15-17(16(12)19)21-22-26-15/h1-2,6-7,23H,3-5,8H2. The van der Waals surface area contributed by atoms with Crippen molar-refractivity contribution in [2.45, 2.75) is 6.42 Å². The van der Waals surface area contributed by atoms with Gasteiger partial charge in [-0.3, -0.25) is 4.79 Å². The predicted molar refractivity (Wildman–Crippen MR) is 102 cm³/mol. The van der Waals surface area contributed by atoms with Crippen molar-refractivity contribution >= 4 is 50.1 Å². The lowest BCUT2D eigenvalue weighted by atomic mass is 9.96. The van der Waals surface area contributed by atoms with Gasteiger partial charge in [0.25, 0.3) is 0 Å². The number of nitrogens with zero attached hydrogens (tertiary/aromatic N) is 2. The van der Waals surface area contributed by atoms with Crippen LogP contribution in [0, 0.1) is 15.2 Å². The van der Waals surface area contributed by atoms with Crippen LogP contribution in [0.4, 0.5) is 8.78 Å². The number of ketones is 1. The van der Waals surface area contributed by atoms with Gasteiger partial charge in [-0.1, -0.05) is 10.6 Å². The zero-order valence-corrected chi connectivity index (χ0v) is 16.3. The van der Waals surface area contributed by atoms with E-state index in [-0.39, 0.29) is 48.4 Å². The molecule has 0 aliphatic carbocycles. The number of rotatable bonds is 7. The Morgan fingerprint density at radius 1 is 1.31 bits per heavy atom. The fourth-order valence-electron chi connectivity index (χ4n) is 2.51. The molecule has 0 radical (unpaired) electrons. The minimum atomic E-state index is -0.681. The number of halogens is 3. The molecule has 0 amide bonds. The average Bonchev–Trinajstić information content (AvgIpc) is 3.08. The number of aliphatic hydroxyl groups excluding tert-OH is 1. The maximum atomic E-state index is 15.0. The fourth-order valence-corrected chi connectivity index (χ4v) is 3.56. The molecule has 3 rings (SSSR count). The van der Waals surface area contributed by atoms with Crippen molar-refractivity contribution in [2.24, 2.45) is 0 Å². The van der Waals surface area contributed by atoms with E-state index in [0.29, 0.717) is 4.70 Å². The lowest BCUT2D eigenvalue weighted by Gasteiger charge is -2.12. The molecule has 136 valence electrons. The lowest BCUT2D eigenvalue weighted by molar-refractivity contribution is 0.0663. The summed E-state index contributed by atoms with van der Waals surface area (Å²) in [6.45, 7) is -0.528. The summed E-state index contributed by atoms with van der Waals surface area (Å²) in [5, 5.41) is 12.5. The van der Waals surface area contributed by atoms with Crippen LogP contribution < -0.4 is 0 Å². The molecule has 0 aliphatic rings. The molecule has 1 heterocycles. The van der Waals surface area contributed by atoms with Gasteiger partial charge in [0, 0.05) is 21.1 Å². The molecule has 1 aromatic heterocycles. The van der Waals surface area contributed by atoms with E-state index in [4.69, 9.17) is 9.84 Å². The monoisotopic (exact) mass is 490 g/mol. The van der Waals surface area contributed by atoms with E-state index in [1.165, 1.54) is 12.1 Å². The van der Waals surface area contributed by atoms with Gasteiger partial charge in [0.05, 0.1) is 17.9 Å². The third-order valence-corrected chi connectivity index (χ3v) is 5.08. The van der Waals surface area contributed by atoms with Gasteiger partial charge in [0.1, 0.15) is 17.9 Å². The quantitative estimate of drug-likeness (QED) is 0.313. The van der Waals surface area contributed by atoms with Crippen LogP contribution in [0.5, 0.6) is 0 Å². The number of aromatic nitrogens is 2. The largest absolute Gasteiger partial charge is 0.394 e. The molecule has 26 heavy (non-hydrogen) atoms. The number of carbonyl (C=O) groups excluding carboxylic acids is 1. The van der Waals surface area contributed by atoms with Crippen LogP contribution in [0.3, 0.4) is 0 Å². The summed E-state index contributed by atoms with van der Waals surface area (Å²) in [6.07, 6.45) is -0.0941.